The summed E-state index contributed by atoms with van der Waals surface area (Å²) < 4.78 is 4.93. The topological polar surface area (TPSA) is 50.1 Å². The number of ether oxygens (including phenoxy) is 1. The van der Waals surface area contributed by atoms with Crippen molar-refractivity contribution >= 4 is 5.97 Å². The summed E-state index contributed by atoms with van der Waals surface area (Å²) in [5.74, 6) is 0.980. The first-order valence-corrected chi connectivity index (χ1v) is 5.78. The normalized spacial score (nSPS) is 25.6. The third-order valence-electron chi connectivity index (χ3n) is 3.11. The molecule has 0 saturated heterocycles. The molecule has 0 heterocycles. The zero-order valence-corrected chi connectivity index (χ0v) is 9.37. The number of carbonyl (C=O) groups is 1. The molecule has 1 saturated carbocycles. The van der Waals surface area contributed by atoms with E-state index in [0.717, 1.165) is 25.7 Å². The van der Waals surface area contributed by atoms with Crippen molar-refractivity contribution in [2.45, 2.75) is 45.4 Å². The van der Waals surface area contributed by atoms with E-state index in [1.807, 2.05) is 6.92 Å². The average molecular weight is 209 g/mol. The van der Waals surface area contributed by atoms with Gasteiger partial charge in [-0.1, -0.05) is 0 Å². The minimum Gasteiger partial charge on any atom is -0.466 e. The smallest absolute Gasteiger partial charge is 0.306 e. The third kappa shape index (κ3) is 4.33. The Morgan fingerprint density at radius 1 is 1.33 bits per heavy atom. The average Bonchev–Trinajstić information content (AvgIpc) is 2.22. The van der Waals surface area contributed by atoms with E-state index < -0.39 is 0 Å². The summed E-state index contributed by atoms with van der Waals surface area (Å²) in [5.41, 5.74) is 0. The van der Waals surface area contributed by atoms with E-state index in [1.165, 1.54) is 0 Å². The summed E-state index contributed by atoms with van der Waals surface area (Å²) in [6.07, 6.45) is 5.57. The summed E-state index contributed by atoms with van der Waals surface area (Å²) in [6.45, 7) is 2.31. The molecule has 0 aromatic carbocycles. The van der Waals surface area contributed by atoms with E-state index >= 15 is 0 Å². The van der Waals surface area contributed by atoms with Gasteiger partial charge in [-0.2, -0.15) is 5.26 Å². The fraction of sp³-hybridized carbons (Fsp3) is 0.833. The van der Waals surface area contributed by atoms with Gasteiger partial charge >= 0.3 is 5.97 Å². The van der Waals surface area contributed by atoms with E-state index in [2.05, 4.69) is 6.07 Å². The molecule has 0 bridgehead atoms. The number of esters is 1. The van der Waals surface area contributed by atoms with Crippen LogP contribution in [0.5, 0.6) is 0 Å². The molecule has 15 heavy (non-hydrogen) atoms. The van der Waals surface area contributed by atoms with Crippen molar-refractivity contribution in [3.05, 3.63) is 0 Å². The highest BCUT2D eigenvalue weighted by atomic mass is 16.5. The van der Waals surface area contributed by atoms with E-state index in [1.54, 1.807) is 0 Å². The van der Waals surface area contributed by atoms with Crippen molar-refractivity contribution in [1.82, 2.24) is 0 Å². The second-order valence-corrected chi connectivity index (χ2v) is 4.26. The standard InChI is InChI=1S/C12H19NO2/c1-2-15-12(14)9-11-5-3-10(4-6-11)7-8-13/h10-11H,2-7,9H2,1H3. The summed E-state index contributed by atoms with van der Waals surface area (Å²) in [4.78, 5) is 11.2. The van der Waals surface area contributed by atoms with Crippen molar-refractivity contribution in [2.24, 2.45) is 11.8 Å². The van der Waals surface area contributed by atoms with Gasteiger partial charge in [-0.3, -0.25) is 4.79 Å². The Morgan fingerprint density at radius 3 is 2.47 bits per heavy atom. The first-order valence-electron chi connectivity index (χ1n) is 5.78. The lowest BCUT2D eigenvalue weighted by molar-refractivity contribution is -0.144. The molecule has 0 spiro atoms. The molecule has 3 heteroatoms. The minimum atomic E-state index is -0.0683. The number of hydrogen-bond donors (Lipinski definition) is 0. The predicted molar refractivity (Wildman–Crippen MR) is 56.9 cm³/mol. The van der Waals surface area contributed by atoms with E-state index in [-0.39, 0.29) is 5.97 Å². The lowest BCUT2D eigenvalue weighted by Gasteiger charge is -2.26. The van der Waals surface area contributed by atoms with Crippen LogP contribution >= 0.6 is 0 Å². The number of rotatable bonds is 4. The monoisotopic (exact) mass is 209 g/mol. The van der Waals surface area contributed by atoms with Crippen molar-refractivity contribution < 1.29 is 9.53 Å². The molecule has 0 radical (unpaired) electrons. The second-order valence-electron chi connectivity index (χ2n) is 4.26. The maximum atomic E-state index is 11.2. The maximum absolute atomic E-state index is 11.2. The van der Waals surface area contributed by atoms with Crippen LogP contribution in [-0.2, 0) is 9.53 Å². The van der Waals surface area contributed by atoms with Crippen LogP contribution < -0.4 is 0 Å². The zero-order chi connectivity index (χ0) is 11.1. The van der Waals surface area contributed by atoms with Gasteiger partial charge < -0.3 is 4.74 Å². The molecule has 0 aliphatic heterocycles. The molecule has 0 atom stereocenters. The first-order chi connectivity index (χ1) is 7.26. The Hall–Kier alpha value is -1.04. The summed E-state index contributed by atoms with van der Waals surface area (Å²) in [5, 5.41) is 8.58. The quantitative estimate of drug-likeness (QED) is 0.669. The van der Waals surface area contributed by atoms with E-state index in [9.17, 15) is 4.79 Å². The predicted octanol–water partition coefficient (Wildman–Crippen LogP) is 2.66. The molecule has 1 aliphatic rings. The molecule has 0 aromatic heterocycles. The number of hydrogen-bond acceptors (Lipinski definition) is 3. The van der Waals surface area contributed by atoms with Crippen LogP contribution in [0.2, 0.25) is 0 Å². The van der Waals surface area contributed by atoms with Gasteiger partial charge in [0.05, 0.1) is 12.7 Å². The minimum absolute atomic E-state index is 0.0683. The van der Waals surface area contributed by atoms with Crippen LogP contribution in [0, 0.1) is 23.2 Å². The number of carbonyl (C=O) groups excluding carboxylic acids is 1. The highest BCUT2D eigenvalue weighted by molar-refractivity contribution is 5.69. The van der Waals surface area contributed by atoms with Crippen molar-refractivity contribution in [1.29, 1.82) is 5.26 Å². The maximum Gasteiger partial charge on any atom is 0.306 e. The lowest BCUT2D eigenvalue weighted by atomic mass is 9.79. The van der Waals surface area contributed by atoms with Gasteiger partial charge in [0, 0.05) is 12.8 Å². The highest BCUT2D eigenvalue weighted by Crippen LogP contribution is 2.32. The largest absolute Gasteiger partial charge is 0.466 e. The summed E-state index contributed by atoms with van der Waals surface area (Å²) >= 11 is 0. The van der Waals surface area contributed by atoms with Crippen molar-refractivity contribution in [3.63, 3.8) is 0 Å². The van der Waals surface area contributed by atoms with Gasteiger partial charge in [0.1, 0.15) is 0 Å². The molecule has 0 unspecified atom stereocenters. The molecule has 0 amide bonds. The van der Waals surface area contributed by atoms with Gasteiger partial charge in [-0.25, -0.2) is 0 Å². The van der Waals surface area contributed by atoms with Gasteiger partial charge in [0.25, 0.3) is 0 Å². The van der Waals surface area contributed by atoms with Crippen LogP contribution in [0.3, 0.4) is 0 Å². The number of nitrogens with zero attached hydrogens (tertiary/aromatic N) is 1. The van der Waals surface area contributed by atoms with Crippen LogP contribution in [0.25, 0.3) is 0 Å². The van der Waals surface area contributed by atoms with Crippen LogP contribution in [0.1, 0.15) is 45.4 Å². The van der Waals surface area contributed by atoms with Gasteiger partial charge in [0.15, 0.2) is 0 Å². The van der Waals surface area contributed by atoms with Crippen LogP contribution in [-0.4, -0.2) is 12.6 Å². The third-order valence-corrected chi connectivity index (χ3v) is 3.11. The molecule has 84 valence electrons. The molecule has 1 aliphatic carbocycles. The van der Waals surface area contributed by atoms with Crippen molar-refractivity contribution in [2.75, 3.05) is 6.61 Å². The summed E-state index contributed by atoms with van der Waals surface area (Å²) in [7, 11) is 0. The molecular formula is C12H19NO2. The SMILES string of the molecule is CCOC(=O)CC1CCC(CC#N)CC1. The van der Waals surface area contributed by atoms with Gasteiger partial charge in [0.2, 0.25) is 0 Å². The Kier molecular flexibility index (Phi) is 5.17. The van der Waals surface area contributed by atoms with E-state index in [0.29, 0.717) is 31.3 Å². The Bertz CT molecular complexity index is 236. The van der Waals surface area contributed by atoms with Crippen molar-refractivity contribution in [3.8, 4) is 6.07 Å². The summed E-state index contributed by atoms with van der Waals surface area (Å²) in [6, 6.07) is 2.22. The molecule has 1 rings (SSSR count). The second kappa shape index (κ2) is 6.44. The fourth-order valence-electron chi connectivity index (χ4n) is 2.22. The van der Waals surface area contributed by atoms with Gasteiger partial charge in [-0.05, 0) is 44.4 Å². The number of nitriles is 1. The fourth-order valence-corrected chi connectivity index (χ4v) is 2.22. The van der Waals surface area contributed by atoms with Crippen LogP contribution in [0.4, 0.5) is 0 Å². The van der Waals surface area contributed by atoms with E-state index in [4.69, 9.17) is 10.00 Å². The Labute approximate surface area is 91.4 Å². The molecule has 1 fully saturated rings. The first kappa shape index (κ1) is 12.0. The molecule has 0 aromatic rings. The lowest BCUT2D eigenvalue weighted by Crippen LogP contribution is -2.18. The Balaban J connectivity index is 2.20. The molecule has 3 nitrogen and oxygen atoms in total. The molecular weight excluding hydrogens is 190 g/mol. The Morgan fingerprint density at radius 2 is 1.93 bits per heavy atom. The molecule has 0 N–H and O–H groups in total. The highest BCUT2D eigenvalue weighted by Gasteiger charge is 2.23. The van der Waals surface area contributed by atoms with Gasteiger partial charge in [-0.15, -0.1) is 0 Å². The van der Waals surface area contributed by atoms with Crippen LogP contribution in [0.15, 0.2) is 0 Å². The zero-order valence-electron chi connectivity index (χ0n) is 9.37.